The average molecular weight is 209 g/mol. The first-order valence-electron chi connectivity index (χ1n) is 5.58. The van der Waals surface area contributed by atoms with Gasteiger partial charge >= 0.3 is 0 Å². The van der Waals surface area contributed by atoms with Crippen molar-refractivity contribution in [2.75, 3.05) is 20.1 Å². The molecule has 1 aliphatic rings. The summed E-state index contributed by atoms with van der Waals surface area (Å²) in [6.07, 6.45) is 2.46. The monoisotopic (exact) mass is 209 g/mol. The summed E-state index contributed by atoms with van der Waals surface area (Å²) in [6, 6.07) is 2.63. The number of hydrogen-bond donors (Lipinski definition) is 1. The lowest BCUT2D eigenvalue weighted by Crippen LogP contribution is -2.40. The third-order valence-corrected chi connectivity index (χ3v) is 2.97. The van der Waals surface area contributed by atoms with Gasteiger partial charge in [-0.25, -0.2) is 0 Å². The summed E-state index contributed by atoms with van der Waals surface area (Å²) in [5.74, 6) is 0.884. The normalized spacial score (nSPS) is 19.6. The summed E-state index contributed by atoms with van der Waals surface area (Å²) in [7, 11) is 2.18. The fraction of sp³-hybridized carbons (Fsp3) is 0.727. The molecule has 15 heavy (non-hydrogen) atoms. The molecule has 0 amide bonds. The SMILES string of the molecule is Cc1cc(CNC2CCN(C)CC2)no1. The number of aromatic nitrogens is 1. The molecule has 1 aliphatic heterocycles. The Morgan fingerprint density at radius 1 is 1.53 bits per heavy atom. The van der Waals surface area contributed by atoms with Crippen LogP contribution in [0.25, 0.3) is 0 Å². The van der Waals surface area contributed by atoms with Gasteiger partial charge in [0.15, 0.2) is 0 Å². The van der Waals surface area contributed by atoms with E-state index < -0.39 is 0 Å². The fourth-order valence-electron chi connectivity index (χ4n) is 1.96. The van der Waals surface area contributed by atoms with Crippen molar-refractivity contribution < 1.29 is 4.52 Å². The number of aryl methyl sites for hydroxylation is 1. The van der Waals surface area contributed by atoms with Gasteiger partial charge in [0.2, 0.25) is 0 Å². The molecule has 0 saturated carbocycles. The number of likely N-dealkylation sites (tertiary alicyclic amines) is 1. The standard InChI is InChI=1S/C11H19N3O/c1-9-7-11(13-15-9)8-12-10-3-5-14(2)6-4-10/h7,10,12H,3-6,8H2,1-2H3. The Hall–Kier alpha value is -0.870. The number of nitrogens with zero attached hydrogens (tertiary/aromatic N) is 2. The molecule has 2 rings (SSSR count). The van der Waals surface area contributed by atoms with Gasteiger partial charge in [-0.05, 0) is 39.9 Å². The quantitative estimate of drug-likeness (QED) is 0.811. The van der Waals surface area contributed by atoms with E-state index in [0.717, 1.165) is 18.0 Å². The Labute approximate surface area is 90.6 Å². The first-order chi connectivity index (χ1) is 7.24. The molecule has 0 unspecified atom stereocenters. The molecule has 2 heterocycles. The van der Waals surface area contributed by atoms with Crippen LogP contribution >= 0.6 is 0 Å². The summed E-state index contributed by atoms with van der Waals surface area (Å²) in [5.41, 5.74) is 1.01. The zero-order chi connectivity index (χ0) is 10.7. The third-order valence-electron chi connectivity index (χ3n) is 2.97. The maximum Gasteiger partial charge on any atom is 0.133 e. The van der Waals surface area contributed by atoms with Crippen LogP contribution in [0.1, 0.15) is 24.3 Å². The second-order valence-electron chi connectivity index (χ2n) is 4.39. The van der Waals surface area contributed by atoms with E-state index >= 15 is 0 Å². The fourth-order valence-corrected chi connectivity index (χ4v) is 1.96. The summed E-state index contributed by atoms with van der Waals surface area (Å²) in [4.78, 5) is 2.37. The highest BCUT2D eigenvalue weighted by atomic mass is 16.5. The maximum atomic E-state index is 5.02. The summed E-state index contributed by atoms with van der Waals surface area (Å²) >= 11 is 0. The van der Waals surface area contributed by atoms with E-state index in [1.807, 2.05) is 13.0 Å². The van der Waals surface area contributed by atoms with Crippen LogP contribution in [-0.4, -0.2) is 36.2 Å². The minimum Gasteiger partial charge on any atom is -0.361 e. The number of rotatable bonds is 3. The van der Waals surface area contributed by atoms with Crippen molar-refractivity contribution in [3.63, 3.8) is 0 Å². The Balaban J connectivity index is 1.74. The molecule has 1 fully saturated rings. The van der Waals surface area contributed by atoms with Crippen molar-refractivity contribution in [1.82, 2.24) is 15.4 Å². The molecule has 1 aromatic heterocycles. The van der Waals surface area contributed by atoms with Gasteiger partial charge in [0.25, 0.3) is 0 Å². The van der Waals surface area contributed by atoms with Crippen LogP contribution in [0.15, 0.2) is 10.6 Å². The van der Waals surface area contributed by atoms with Crippen molar-refractivity contribution in [3.05, 3.63) is 17.5 Å². The molecule has 4 heteroatoms. The van der Waals surface area contributed by atoms with Crippen molar-refractivity contribution in [3.8, 4) is 0 Å². The van der Waals surface area contributed by atoms with Gasteiger partial charge < -0.3 is 14.7 Å². The van der Waals surface area contributed by atoms with Crippen LogP contribution in [0.2, 0.25) is 0 Å². The van der Waals surface area contributed by atoms with E-state index in [-0.39, 0.29) is 0 Å². The largest absolute Gasteiger partial charge is 0.361 e. The van der Waals surface area contributed by atoms with E-state index in [0.29, 0.717) is 6.04 Å². The predicted molar refractivity (Wildman–Crippen MR) is 58.6 cm³/mol. The van der Waals surface area contributed by atoms with Gasteiger partial charge in [-0.2, -0.15) is 0 Å². The van der Waals surface area contributed by atoms with Gasteiger partial charge in [-0.3, -0.25) is 0 Å². The smallest absolute Gasteiger partial charge is 0.133 e. The molecule has 1 saturated heterocycles. The van der Waals surface area contributed by atoms with Crippen molar-refractivity contribution >= 4 is 0 Å². The summed E-state index contributed by atoms with van der Waals surface area (Å²) < 4.78 is 5.02. The zero-order valence-corrected chi connectivity index (χ0v) is 9.49. The highest BCUT2D eigenvalue weighted by Crippen LogP contribution is 2.09. The molecular formula is C11H19N3O. The van der Waals surface area contributed by atoms with Gasteiger partial charge in [-0.1, -0.05) is 5.16 Å². The van der Waals surface area contributed by atoms with E-state index in [1.54, 1.807) is 0 Å². The highest BCUT2D eigenvalue weighted by molar-refractivity contribution is 5.03. The Morgan fingerprint density at radius 3 is 2.87 bits per heavy atom. The van der Waals surface area contributed by atoms with Crippen LogP contribution in [-0.2, 0) is 6.54 Å². The van der Waals surface area contributed by atoms with E-state index in [2.05, 4.69) is 22.4 Å². The Morgan fingerprint density at radius 2 is 2.27 bits per heavy atom. The zero-order valence-electron chi connectivity index (χ0n) is 9.49. The summed E-state index contributed by atoms with van der Waals surface area (Å²) in [5, 5.41) is 7.49. The topological polar surface area (TPSA) is 41.3 Å². The molecule has 0 radical (unpaired) electrons. The van der Waals surface area contributed by atoms with Gasteiger partial charge in [-0.15, -0.1) is 0 Å². The van der Waals surface area contributed by atoms with Crippen molar-refractivity contribution in [2.45, 2.75) is 32.4 Å². The molecule has 0 aromatic carbocycles. The second-order valence-corrected chi connectivity index (χ2v) is 4.39. The van der Waals surface area contributed by atoms with Gasteiger partial charge in [0.05, 0.1) is 5.69 Å². The van der Waals surface area contributed by atoms with Crippen LogP contribution in [0.4, 0.5) is 0 Å². The van der Waals surface area contributed by atoms with Crippen LogP contribution < -0.4 is 5.32 Å². The summed E-state index contributed by atoms with van der Waals surface area (Å²) in [6.45, 7) is 5.13. The van der Waals surface area contributed by atoms with Crippen LogP contribution in [0.3, 0.4) is 0 Å². The van der Waals surface area contributed by atoms with Crippen molar-refractivity contribution in [2.24, 2.45) is 0 Å². The second kappa shape index (κ2) is 4.77. The molecule has 0 aliphatic carbocycles. The molecular weight excluding hydrogens is 190 g/mol. The minimum atomic E-state index is 0.637. The van der Waals surface area contributed by atoms with Crippen molar-refractivity contribution in [1.29, 1.82) is 0 Å². The van der Waals surface area contributed by atoms with Gasteiger partial charge in [0, 0.05) is 18.7 Å². The molecule has 84 valence electrons. The number of hydrogen-bond acceptors (Lipinski definition) is 4. The maximum absolute atomic E-state index is 5.02. The van der Waals surface area contributed by atoms with E-state index in [9.17, 15) is 0 Å². The van der Waals surface area contributed by atoms with Crippen LogP contribution in [0, 0.1) is 6.92 Å². The molecule has 0 spiro atoms. The lowest BCUT2D eigenvalue weighted by Gasteiger charge is -2.29. The lowest BCUT2D eigenvalue weighted by molar-refractivity contribution is 0.233. The molecule has 1 N–H and O–H groups in total. The Bertz CT molecular complexity index is 303. The molecule has 0 atom stereocenters. The first-order valence-corrected chi connectivity index (χ1v) is 5.58. The lowest BCUT2D eigenvalue weighted by atomic mass is 10.1. The average Bonchev–Trinajstić information content (AvgIpc) is 2.64. The number of nitrogens with one attached hydrogen (secondary N) is 1. The molecule has 1 aromatic rings. The highest BCUT2D eigenvalue weighted by Gasteiger charge is 2.16. The van der Waals surface area contributed by atoms with E-state index in [4.69, 9.17) is 4.52 Å². The first kappa shape index (κ1) is 10.6. The van der Waals surface area contributed by atoms with Gasteiger partial charge in [0.1, 0.15) is 5.76 Å². The minimum absolute atomic E-state index is 0.637. The third kappa shape index (κ3) is 3.04. The predicted octanol–water partition coefficient (Wildman–Crippen LogP) is 1.17. The Kier molecular flexibility index (Phi) is 3.38. The van der Waals surface area contributed by atoms with Crippen LogP contribution in [0.5, 0.6) is 0 Å². The van der Waals surface area contributed by atoms with E-state index in [1.165, 1.54) is 25.9 Å². The molecule has 4 nitrogen and oxygen atoms in total. The number of piperidine rings is 1. The molecule has 0 bridgehead atoms.